The van der Waals surface area contributed by atoms with E-state index in [9.17, 15) is 21.9 Å². The molecule has 0 spiro atoms. The second-order valence-electron chi connectivity index (χ2n) is 3.48. The molecule has 0 bridgehead atoms. The second-order valence-corrected chi connectivity index (χ2v) is 6.43. The van der Waals surface area contributed by atoms with Crippen molar-refractivity contribution in [1.29, 1.82) is 0 Å². The lowest BCUT2D eigenvalue weighted by Crippen LogP contribution is -2.22. The number of anilines is 1. The molecular formula is C8H11NO8S2. The molecule has 0 aliphatic heterocycles. The molecule has 1 aromatic rings. The van der Waals surface area contributed by atoms with Gasteiger partial charge in [-0.15, -0.1) is 3.63 Å². The second kappa shape index (κ2) is 5.30. The first-order chi connectivity index (χ1) is 8.57. The molecular weight excluding hydrogens is 302 g/mol. The van der Waals surface area contributed by atoms with E-state index in [0.29, 0.717) is 0 Å². The summed E-state index contributed by atoms with van der Waals surface area (Å²) in [4.78, 5) is 0. The van der Waals surface area contributed by atoms with E-state index < -0.39 is 38.1 Å². The number of benzene rings is 1. The zero-order valence-corrected chi connectivity index (χ0v) is 10.9. The molecule has 0 fully saturated rings. The van der Waals surface area contributed by atoms with Crippen LogP contribution in [0.3, 0.4) is 0 Å². The van der Waals surface area contributed by atoms with Crippen LogP contribution in [0.1, 0.15) is 10.8 Å². The maximum atomic E-state index is 11.5. The van der Waals surface area contributed by atoms with Gasteiger partial charge in [0.25, 0.3) is 10.1 Å². The van der Waals surface area contributed by atoms with Crippen LogP contribution in [0.25, 0.3) is 0 Å². The summed E-state index contributed by atoms with van der Waals surface area (Å²) in [5, 5.41) is 16.6. The standard InChI is InChI=1S/C8H11NO8S2/c9-6-2-1-5(3-7(6)11)8(4-10)18(12,13)17-19(14,15)16/h1-3,8,10-11H,4,9H2,(H,14,15,16). The molecule has 0 heterocycles. The zero-order valence-electron chi connectivity index (χ0n) is 9.29. The van der Waals surface area contributed by atoms with E-state index in [1.165, 1.54) is 0 Å². The first kappa shape index (κ1) is 15.7. The van der Waals surface area contributed by atoms with E-state index >= 15 is 0 Å². The third kappa shape index (κ3) is 4.04. The smallest absolute Gasteiger partial charge is 0.412 e. The summed E-state index contributed by atoms with van der Waals surface area (Å²) in [6, 6.07) is 3.25. The minimum Gasteiger partial charge on any atom is -0.506 e. The number of hydrogen-bond donors (Lipinski definition) is 4. The third-order valence-corrected chi connectivity index (χ3v) is 4.69. The van der Waals surface area contributed by atoms with Crippen LogP contribution in [0.15, 0.2) is 18.2 Å². The van der Waals surface area contributed by atoms with Crippen LogP contribution < -0.4 is 5.73 Å². The SMILES string of the molecule is Nc1ccc(C(CO)S(=O)(=O)OS(=O)(=O)O)cc1O. The fraction of sp³-hybridized carbons (Fsp3) is 0.250. The largest absolute Gasteiger partial charge is 0.506 e. The monoisotopic (exact) mass is 313 g/mol. The molecule has 5 N–H and O–H groups in total. The van der Waals surface area contributed by atoms with Crippen molar-refractivity contribution < 1.29 is 35.2 Å². The van der Waals surface area contributed by atoms with Crippen LogP contribution in [0.4, 0.5) is 5.69 Å². The van der Waals surface area contributed by atoms with E-state index in [1.54, 1.807) is 0 Å². The lowest BCUT2D eigenvalue weighted by Gasteiger charge is -2.14. The topological polar surface area (TPSA) is 164 Å². The highest BCUT2D eigenvalue weighted by Crippen LogP contribution is 2.29. The lowest BCUT2D eigenvalue weighted by atomic mass is 10.1. The normalized spacial score (nSPS) is 14.2. The van der Waals surface area contributed by atoms with Crippen LogP contribution in [0.2, 0.25) is 0 Å². The van der Waals surface area contributed by atoms with Gasteiger partial charge in [-0.2, -0.15) is 16.8 Å². The Hall–Kier alpha value is -1.40. The van der Waals surface area contributed by atoms with Gasteiger partial charge in [-0.1, -0.05) is 6.07 Å². The van der Waals surface area contributed by atoms with Gasteiger partial charge in [-0.3, -0.25) is 4.55 Å². The molecule has 1 atom stereocenters. The molecule has 0 amide bonds. The molecule has 0 radical (unpaired) electrons. The van der Waals surface area contributed by atoms with Crippen molar-refractivity contribution >= 4 is 26.2 Å². The van der Waals surface area contributed by atoms with Gasteiger partial charge in [-0.25, -0.2) is 0 Å². The van der Waals surface area contributed by atoms with E-state index in [2.05, 4.69) is 3.63 Å². The number of nitrogen functional groups attached to an aromatic ring is 1. The first-order valence-electron chi connectivity index (χ1n) is 4.68. The molecule has 9 nitrogen and oxygen atoms in total. The van der Waals surface area contributed by atoms with Crippen molar-refractivity contribution in [2.24, 2.45) is 0 Å². The molecule has 1 aromatic carbocycles. The predicted molar refractivity (Wildman–Crippen MR) is 63.9 cm³/mol. The number of nitrogens with two attached hydrogens (primary N) is 1. The Morgan fingerprint density at radius 3 is 2.26 bits per heavy atom. The summed E-state index contributed by atoms with van der Waals surface area (Å²) in [5.41, 5.74) is 5.12. The van der Waals surface area contributed by atoms with E-state index in [1.807, 2.05) is 0 Å². The number of aliphatic hydroxyl groups excluding tert-OH is 1. The van der Waals surface area contributed by atoms with Crippen LogP contribution >= 0.6 is 0 Å². The number of phenols is 1. The Morgan fingerprint density at radius 1 is 1.26 bits per heavy atom. The van der Waals surface area contributed by atoms with Crippen LogP contribution in [0.5, 0.6) is 5.75 Å². The van der Waals surface area contributed by atoms with Crippen molar-refractivity contribution in [3.63, 3.8) is 0 Å². The maximum absolute atomic E-state index is 11.5. The van der Waals surface area contributed by atoms with Gasteiger partial charge in [0.2, 0.25) is 0 Å². The molecule has 19 heavy (non-hydrogen) atoms. The fourth-order valence-corrected chi connectivity index (χ4v) is 3.29. The van der Waals surface area contributed by atoms with Crippen molar-refractivity contribution in [3.8, 4) is 5.75 Å². The maximum Gasteiger partial charge on any atom is 0.412 e. The van der Waals surface area contributed by atoms with Crippen molar-refractivity contribution in [2.75, 3.05) is 12.3 Å². The van der Waals surface area contributed by atoms with Crippen LogP contribution in [-0.2, 0) is 24.1 Å². The predicted octanol–water partition coefficient (Wildman–Crippen LogP) is -0.843. The number of aliphatic hydroxyl groups is 1. The zero-order chi connectivity index (χ0) is 14.8. The fourth-order valence-electron chi connectivity index (χ4n) is 1.29. The van der Waals surface area contributed by atoms with Crippen molar-refractivity contribution in [3.05, 3.63) is 23.8 Å². The number of aromatic hydroxyl groups is 1. The van der Waals surface area contributed by atoms with Gasteiger partial charge < -0.3 is 15.9 Å². The summed E-state index contributed by atoms with van der Waals surface area (Å²) < 4.78 is 55.8. The molecule has 1 unspecified atom stereocenters. The summed E-state index contributed by atoms with van der Waals surface area (Å²) in [6.45, 7) is -1.03. The van der Waals surface area contributed by atoms with Gasteiger partial charge in [0.05, 0.1) is 12.3 Å². The number of phenolic OH excluding ortho intramolecular Hbond substituents is 1. The van der Waals surface area contributed by atoms with Gasteiger partial charge in [-0.05, 0) is 17.7 Å². The Labute approximate surface area is 109 Å². The highest BCUT2D eigenvalue weighted by Gasteiger charge is 2.32. The average molecular weight is 313 g/mol. The Morgan fingerprint density at radius 2 is 1.84 bits per heavy atom. The number of rotatable bonds is 5. The summed E-state index contributed by atoms with van der Waals surface area (Å²) in [6.07, 6.45) is 0. The molecule has 0 aliphatic rings. The molecule has 0 aromatic heterocycles. The Bertz CT molecular complexity index is 666. The third-order valence-electron chi connectivity index (χ3n) is 2.12. The molecule has 1 rings (SSSR count). The van der Waals surface area contributed by atoms with Gasteiger partial charge >= 0.3 is 10.4 Å². The van der Waals surface area contributed by atoms with E-state index in [4.69, 9.17) is 15.4 Å². The quantitative estimate of drug-likeness (QED) is 0.308. The molecule has 0 saturated carbocycles. The summed E-state index contributed by atoms with van der Waals surface area (Å²) in [7, 11) is -10.1. The van der Waals surface area contributed by atoms with Gasteiger partial charge in [0, 0.05) is 0 Å². The molecule has 108 valence electrons. The molecule has 11 heteroatoms. The van der Waals surface area contributed by atoms with Gasteiger partial charge in [0.1, 0.15) is 11.0 Å². The highest BCUT2D eigenvalue weighted by atomic mass is 32.3. The van der Waals surface area contributed by atoms with Crippen LogP contribution in [-0.4, -0.2) is 38.2 Å². The lowest BCUT2D eigenvalue weighted by molar-refractivity contribution is 0.284. The molecule has 0 saturated heterocycles. The van der Waals surface area contributed by atoms with Crippen molar-refractivity contribution in [1.82, 2.24) is 0 Å². The van der Waals surface area contributed by atoms with E-state index in [0.717, 1.165) is 18.2 Å². The summed E-state index contributed by atoms with van der Waals surface area (Å²) >= 11 is 0. The minimum atomic E-state index is -5.25. The van der Waals surface area contributed by atoms with Crippen molar-refractivity contribution in [2.45, 2.75) is 5.25 Å². The Balaban J connectivity index is 3.23. The highest BCUT2D eigenvalue weighted by molar-refractivity contribution is 7.97. The summed E-state index contributed by atoms with van der Waals surface area (Å²) in [5.74, 6) is -0.446. The first-order valence-corrected chi connectivity index (χ1v) is 7.52. The minimum absolute atomic E-state index is 0.0338. The van der Waals surface area contributed by atoms with Crippen LogP contribution in [0, 0.1) is 0 Å². The van der Waals surface area contributed by atoms with Gasteiger partial charge in [0.15, 0.2) is 0 Å². The molecule has 0 aliphatic carbocycles. The van der Waals surface area contributed by atoms with E-state index in [-0.39, 0.29) is 11.3 Å². The number of hydrogen-bond acceptors (Lipinski definition) is 8. The average Bonchev–Trinajstić information content (AvgIpc) is 2.20. The Kier molecular flexibility index (Phi) is 4.37.